The lowest BCUT2D eigenvalue weighted by Crippen LogP contribution is -2.35. The standard InChI is InChI=1S/C16H27NO2/c1-16(19)5-2-7-17(8-6-16)15(18)11-14-10-12-3-4-13(14)9-12/h12-14,19H,2-11H2,1H3. The Bertz CT molecular complexity index is 353. The van der Waals surface area contributed by atoms with Gasteiger partial charge in [0.05, 0.1) is 5.60 Å². The van der Waals surface area contributed by atoms with Gasteiger partial charge in [0.15, 0.2) is 0 Å². The molecule has 2 aliphatic carbocycles. The zero-order chi connectivity index (χ0) is 13.5. The highest BCUT2D eigenvalue weighted by atomic mass is 16.3. The first-order chi connectivity index (χ1) is 9.03. The maximum atomic E-state index is 12.4. The summed E-state index contributed by atoms with van der Waals surface area (Å²) in [4.78, 5) is 14.4. The molecule has 19 heavy (non-hydrogen) atoms. The molecule has 3 heteroatoms. The lowest BCUT2D eigenvalue weighted by molar-refractivity contribution is -0.132. The minimum atomic E-state index is -0.568. The molecule has 3 fully saturated rings. The van der Waals surface area contributed by atoms with Crippen LogP contribution in [-0.4, -0.2) is 34.6 Å². The second-order valence-electron chi connectivity index (χ2n) is 7.37. The van der Waals surface area contributed by atoms with Crippen LogP contribution < -0.4 is 0 Å². The first-order valence-corrected chi connectivity index (χ1v) is 8.04. The Balaban J connectivity index is 1.53. The molecule has 2 bridgehead atoms. The Morgan fingerprint density at radius 1 is 1.26 bits per heavy atom. The summed E-state index contributed by atoms with van der Waals surface area (Å²) in [6.45, 7) is 3.49. The highest BCUT2D eigenvalue weighted by Gasteiger charge is 2.40. The van der Waals surface area contributed by atoms with Crippen LogP contribution in [-0.2, 0) is 4.79 Å². The van der Waals surface area contributed by atoms with Crippen LogP contribution in [0.4, 0.5) is 0 Å². The molecule has 0 aromatic rings. The summed E-state index contributed by atoms with van der Waals surface area (Å²) < 4.78 is 0. The van der Waals surface area contributed by atoms with Crippen molar-refractivity contribution in [3.63, 3.8) is 0 Å². The van der Waals surface area contributed by atoms with Gasteiger partial charge in [0, 0.05) is 19.5 Å². The van der Waals surface area contributed by atoms with Crippen molar-refractivity contribution in [1.82, 2.24) is 4.90 Å². The van der Waals surface area contributed by atoms with Crippen LogP contribution in [0, 0.1) is 17.8 Å². The number of hydrogen-bond acceptors (Lipinski definition) is 2. The summed E-state index contributed by atoms with van der Waals surface area (Å²) in [6, 6.07) is 0. The predicted octanol–water partition coefficient (Wildman–Crippen LogP) is 2.58. The van der Waals surface area contributed by atoms with Gasteiger partial charge in [0.25, 0.3) is 0 Å². The van der Waals surface area contributed by atoms with Crippen molar-refractivity contribution in [3.8, 4) is 0 Å². The molecule has 0 spiro atoms. The molecule has 2 saturated carbocycles. The van der Waals surface area contributed by atoms with Crippen molar-refractivity contribution in [3.05, 3.63) is 0 Å². The number of fused-ring (bicyclic) bond motifs is 2. The average Bonchev–Trinajstić information content (AvgIpc) is 2.90. The van der Waals surface area contributed by atoms with Crippen LogP contribution in [0.25, 0.3) is 0 Å². The van der Waals surface area contributed by atoms with Crippen LogP contribution >= 0.6 is 0 Å². The second-order valence-corrected chi connectivity index (χ2v) is 7.37. The minimum Gasteiger partial charge on any atom is -0.390 e. The SMILES string of the molecule is CC1(O)CCCN(C(=O)CC2CC3CCC2C3)CC1. The lowest BCUT2D eigenvalue weighted by atomic mass is 9.86. The van der Waals surface area contributed by atoms with Gasteiger partial charge in [-0.1, -0.05) is 6.42 Å². The van der Waals surface area contributed by atoms with E-state index in [1.165, 1.54) is 25.7 Å². The lowest BCUT2D eigenvalue weighted by Gasteiger charge is -2.26. The van der Waals surface area contributed by atoms with Gasteiger partial charge in [0.2, 0.25) is 5.91 Å². The van der Waals surface area contributed by atoms with Crippen molar-refractivity contribution in [2.45, 2.75) is 63.9 Å². The predicted molar refractivity (Wildman–Crippen MR) is 74.6 cm³/mol. The van der Waals surface area contributed by atoms with Crippen molar-refractivity contribution >= 4 is 5.91 Å². The fourth-order valence-corrected chi connectivity index (χ4v) is 4.49. The maximum Gasteiger partial charge on any atom is 0.222 e. The van der Waals surface area contributed by atoms with Crippen LogP contribution in [0.2, 0.25) is 0 Å². The van der Waals surface area contributed by atoms with E-state index in [-0.39, 0.29) is 0 Å². The highest BCUT2D eigenvalue weighted by Crippen LogP contribution is 2.49. The normalized spacial score (nSPS) is 42.4. The molecule has 0 aromatic heterocycles. The van der Waals surface area contributed by atoms with Gasteiger partial charge >= 0.3 is 0 Å². The van der Waals surface area contributed by atoms with E-state index in [2.05, 4.69) is 0 Å². The Hall–Kier alpha value is -0.570. The van der Waals surface area contributed by atoms with E-state index >= 15 is 0 Å². The molecule has 3 aliphatic rings. The van der Waals surface area contributed by atoms with Crippen LogP contribution in [0.1, 0.15) is 58.3 Å². The first kappa shape index (κ1) is 13.4. The quantitative estimate of drug-likeness (QED) is 0.833. The third kappa shape index (κ3) is 2.96. The Morgan fingerprint density at radius 3 is 2.79 bits per heavy atom. The van der Waals surface area contributed by atoms with Gasteiger partial charge in [-0.25, -0.2) is 0 Å². The molecule has 1 saturated heterocycles. The fraction of sp³-hybridized carbons (Fsp3) is 0.938. The van der Waals surface area contributed by atoms with Crippen molar-refractivity contribution in [1.29, 1.82) is 0 Å². The van der Waals surface area contributed by atoms with Crippen molar-refractivity contribution in [2.24, 2.45) is 17.8 Å². The van der Waals surface area contributed by atoms with E-state index in [0.29, 0.717) is 11.8 Å². The monoisotopic (exact) mass is 265 g/mol. The summed E-state index contributed by atoms with van der Waals surface area (Å²) in [6.07, 6.45) is 8.70. The molecule has 0 aromatic carbocycles. The molecule has 1 amide bonds. The maximum absolute atomic E-state index is 12.4. The first-order valence-electron chi connectivity index (χ1n) is 8.04. The summed E-state index contributed by atoms with van der Waals surface area (Å²) in [5.74, 6) is 2.77. The van der Waals surface area contributed by atoms with Gasteiger partial charge in [-0.05, 0) is 63.2 Å². The Labute approximate surface area is 116 Å². The number of aliphatic hydroxyl groups is 1. The second kappa shape index (κ2) is 5.08. The van der Waals surface area contributed by atoms with Crippen molar-refractivity contribution < 1.29 is 9.90 Å². The topological polar surface area (TPSA) is 40.5 Å². The minimum absolute atomic E-state index is 0.343. The fourth-order valence-electron chi connectivity index (χ4n) is 4.49. The smallest absolute Gasteiger partial charge is 0.222 e. The Morgan fingerprint density at radius 2 is 2.11 bits per heavy atom. The largest absolute Gasteiger partial charge is 0.390 e. The molecule has 0 radical (unpaired) electrons. The molecular weight excluding hydrogens is 238 g/mol. The molecule has 3 nitrogen and oxygen atoms in total. The van der Waals surface area contributed by atoms with Crippen LogP contribution in [0.3, 0.4) is 0 Å². The van der Waals surface area contributed by atoms with Gasteiger partial charge in [-0.2, -0.15) is 0 Å². The highest BCUT2D eigenvalue weighted by molar-refractivity contribution is 5.76. The van der Waals surface area contributed by atoms with E-state index in [1.807, 2.05) is 11.8 Å². The summed E-state index contributed by atoms with van der Waals surface area (Å²) >= 11 is 0. The van der Waals surface area contributed by atoms with Gasteiger partial charge < -0.3 is 10.0 Å². The number of rotatable bonds is 2. The molecule has 3 rings (SSSR count). The van der Waals surface area contributed by atoms with Crippen molar-refractivity contribution in [2.75, 3.05) is 13.1 Å². The average molecular weight is 265 g/mol. The third-order valence-electron chi connectivity index (χ3n) is 5.74. The van der Waals surface area contributed by atoms with Gasteiger partial charge in [0.1, 0.15) is 0 Å². The van der Waals surface area contributed by atoms with E-state index in [4.69, 9.17) is 0 Å². The van der Waals surface area contributed by atoms with E-state index < -0.39 is 5.60 Å². The van der Waals surface area contributed by atoms with Gasteiger partial charge in [-0.3, -0.25) is 4.79 Å². The molecule has 1 N–H and O–H groups in total. The third-order valence-corrected chi connectivity index (χ3v) is 5.74. The number of carbonyl (C=O) groups is 1. The van der Waals surface area contributed by atoms with E-state index in [0.717, 1.165) is 50.6 Å². The molecule has 4 unspecified atom stereocenters. The van der Waals surface area contributed by atoms with Crippen LogP contribution in [0.5, 0.6) is 0 Å². The zero-order valence-corrected chi connectivity index (χ0v) is 12.1. The number of hydrogen-bond donors (Lipinski definition) is 1. The van der Waals surface area contributed by atoms with E-state index in [1.54, 1.807) is 0 Å². The number of carbonyl (C=O) groups excluding carboxylic acids is 1. The number of nitrogens with zero attached hydrogens (tertiary/aromatic N) is 1. The summed E-state index contributed by atoms with van der Waals surface area (Å²) in [5.41, 5.74) is -0.568. The molecule has 1 heterocycles. The van der Waals surface area contributed by atoms with Crippen LogP contribution in [0.15, 0.2) is 0 Å². The number of amides is 1. The molecule has 1 aliphatic heterocycles. The van der Waals surface area contributed by atoms with Gasteiger partial charge in [-0.15, -0.1) is 0 Å². The Kier molecular flexibility index (Phi) is 3.59. The molecular formula is C16H27NO2. The molecule has 4 atom stereocenters. The summed E-state index contributed by atoms with van der Waals surface area (Å²) in [7, 11) is 0. The number of likely N-dealkylation sites (tertiary alicyclic amines) is 1. The molecule has 108 valence electrons. The zero-order valence-electron chi connectivity index (χ0n) is 12.1. The summed E-state index contributed by atoms with van der Waals surface area (Å²) in [5, 5.41) is 10.1. The van der Waals surface area contributed by atoms with E-state index in [9.17, 15) is 9.90 Å².